The minimum absolute atomic E-state index is 0.00542. The van der Waals surface area contributed by atoms with Crippen LogP contribution in [0.25, 0.3) is 0 Å². The van der Waals surface area contributed by atoms with E-state index in [1.54, 1.807) is 20.8 Å². The van der Waals surface area contributed by atoms with Crippen molar-refractivity contribution in [1.82, 2.24) is 4.90 Å². The summed E-state index contributed by atoms with van der Waals surface area (Å²) in [7, 11) is 0. The molecule has 1 fully saturated rings. The summed E-state index contributed by atoms with van der Waals surface area (Å²) in [5.74, 6) is -2.46. The van der Waals surface area contributed by atoms with Crippen molar-refractivity contribution in [3.63, 3.8) is 0 Å². The second-order valence-electron chi connectivity index (χ2n) is 9.25. The Bertz CT molecular complexity index is 597. The van der Waals surface area contributed by atoms with E-state index in [1.165, 1.54) is 4.90 Å². The fraction of sp³-hybridized carbons (Fsp3) is 0.773. The SMILES string of the molecule is C=CC(C)CCC[C@@H](C)[C@H](CC(=O)OC(C)(C)C)C(=O)N1C[C@H](O)C[C@H]1C(=O)O. The molecule has 0 aromatic rings. The van der Waals surface area contributed by atoms with Crippen molar-refractivity contribution < 1.29 is 29.3 Å². The van der Waals surface area contributed by atoms with E-state index < -0.39 is 41.5 Å². The highest BCUT2D eigenvalue weighted by Crippen LogP contribution is 2.29. The molecule has 1 aliphatic rings. The molecule has 0 spiro atoms. The molecule has 1 heterocycles. The van der Waals surface area contributed by atoms with Crippen molar-refractivity contribution >= 4 is 17.8 Å². The minimum Gasteiger partial charge on any atom is -0.480 e. The summed E-state index contributed by atoms with van der Waals surface area (Å²) in [6.45, 7) is 13.0. The van der Waals surface area contributed by atoms with Crippen LogP contribution < -0.4 is 0 Å². The van der Waals surface area contributed by atoms with Gasteiger partial charge in [-0.15, -0.1) is 6.58 Å². The fourth-order valence-corrected chi connectivity index (χ4v) is 3.68. The zero-order valence-corrected chi connectivity index (χ0v) is 18.4. The lowest BCUT2D eigenvalue weighted by molar-refractivity contribution is -0.160. The van der Waals surface area contributed by atoms with Gasteiger partial charge in [0.1, 0.15) is 11.6 Å². The molecule has 0 saturated carbocycles. The molecule has 29 heavy (non-hydrogen) atoms. The number of rotatable bonds is 10. The summed E-state index contributed by atoms with van der Waals surface area (Å²) in [5, 5.41) is 19.3. The number of β-amino-alcohol motifs (C(OH)–C–C–N with tert-alkyl or cyclic N) is 1. The molecule has 166 valence electrons. The summed E-state index contributed by atoms with van der Waals surface area (Å²) < 4.78 is 5.40. The van der Waals surface area contributed by atoms with Gasteiger partial charge in [-0.25, -0.2) is 4.79 Å². The molecule has 0 radical (unpaired) electrons. The molecule has 0 aromatic carbocycles. The van der Waals surface area contributed by atoms with Crippen LogP contribution in [0.4, 0.5) is 0 Å². The van der Waals surface area contributed by atoms with Crippen molar-refractivity contribution in [3.05, 3.63) is 12.7 Å². The number of carboxylic acid groups (broad SMARTS) is 1. The number of allylic oxidation sites excluding steroid dienone is 1. The number of nitrogens with zero attached hydrogens (tertiary/aromatic N) is 1. The van der Waals surface area contributed by atoms with E-state index in [0.717, 1.165) is 19.3 Å². The molecule has 1 saturated heterocycles. The van der Waals surface area contributed by atoms with Crippen molar-refractivity contribution in [2.45, 2.75) is 84.5 Å². The van der Waals surface area contributed by atoms with E-state index in [9.17, 15) is 24.6 Å². The lowest BCUT2D eigenvalue weighted by Gasteiger charge is -2.30. The van der Waals surface area contributed by atoms with Gasteiger partial charge in [0.15, 0.2) is 0 Å². The van der Waals surface area contributed by atoms with Crippen LogP contribution in [0.3, 0.4) is 0 Å². The standard InChI is InChI=1S/C22H37NO6/c1-7-14(2)9-8-10-15(3)17(12-19(25)29-22(4,5)6)20(26)23-13-16(24)11-18(23)21(27)28/h7,14-18,24H,1,8-13H2,2-6H3,(H,27,28)/t14?,15-,16-,17+,18+/m1/s1. The van der Waals surface area contributed by atoms with Gasteiger partial charge in [0.25, 0.3) is 0 Å². The molecule has 1 amide bonds. The van der Waals surface area contributed by atoms with Crippen LogP contribution in [-0.4, -0.2) is 57.3 Å². The zero-order chi connectivity index (χ0) is 22.4. The van der Waals surface area contributed by atoms with Crippen LogP contribution >= 0.6 is 0 Å². The topological polar surface area (TPSA) is 104 Å². The lowest BCUT2D eigenvalue weighted by atomic mass is 9.84. The highest BCUT2D eigenvalue weighted by atomic mass is 16.6. The van der Waals surface area contributed by atoms with Crippen molar-refractivity contribution in [2.75, 3.05) is 6.54 Å². The average Bonchev–Trinajstić information content (AvgIpc) is 2.99. The Morgan fingerprint density at radius 3 is 2.38 bits per heavy atom. The average molecular weight is 412 g/mol. The molecule has 1 rings (SSSR count). The van der Waals surface area contributed by atoms with Crippen molar-refractivity contribution in [1.29, 1.82) is 0 Å². The number of aliphatic carboxylic acids is 1. The number of aliphatic hydroxyl groups is 1. The van der Waals surface area contributed by atoms with Gasteiger partial charge in [0.05, 0.1) is 18.4 Å². The lowest BCUT2D eigenvalue weighted by Crippen LogP contribution is -2.46. The van der Waals surface area contributed by atoms with Crippen LogP contribution in [-0.2, 0) is 19.1 Å². The predicted molar refractivity (Wildman–Crippen MR) is 110 cm³/mol. The number of ether oxygens (including phenoxy) is 1. The number of carboxylic acids is 1. The second-order valence-corrected chi connectivity index (χ2v) is 9.25. The van der Waals surface area contributed by atoms with E-state index in [0.29, 0.717) is 5.92 Å². The molecular formula is C22H37NO6. The number of aliphatic hydroxyl groups excluding tert-OH is 1. The Morgan fingerprint density at radius 1 is 1.24 bits per heavy atom. The van der Waals surface area contributed by atoms with Gasteiger partial charge in [-0.05, 0) is 45.4 Å². The monoisotopic (exact) mass is 411 g/mol. The summed E-state index contributed by atoms with van der Waals surface area (Å²) >= 11 is 0. The summed E-state index contributed by atoms with van der Waals surface area (Å²) in [6.07, 6.45) is 3.45. The first-order valence-corrected chi connectivity index (χ1v) is 10.4. The van der Waals surface area contributed by atoms with Crippen molar-refractivity contribution in [3.8, 4) is 0 Å². The van der Waals surface area contributed by atoms with Crippen LogP contribution in [0.15, 0.2) is 12.7 Å². The number of hydrogen-bond acceptors (Lipinski definition) is 5. The van der Waals surface area contributed by atoms with Gasteiger partial charge < -0.3 is 19.8 Å². The first kappa shape index (κ1) is 25.1. The number of likely N-dealkylation sites (tertiary alicyclic amines) is 1. The van der Waals surface area contributed by atoms with Gasteiger partial charge in [-0.1, -0.05) is 26.3 Å². The second kappa shape index (κ2) is 10.8. The number of esters is 1. The highest BCUT2D eigenvalue weighted by Gasteiger charge is 2.43. The van der Waals surface area contributed by atoms with Gasteiger partial charge >= 0.3 is 11.9 Å². The molecule has 7 nitrogen and oxygen atoms in total. The quantitative estimate of drug-likeness (QED) is 0.423. The molecule has 2 N–H and O–H groups in total. The molecular weight excluding hydrogens is 374 g/mol. The number of hydrogen-bond donors (Lipinski definition) is 2. The predicted octanol–water partition coefficient (Wildman–Crippen LogP) is 3.01. The molecule has 0 bridgehead atoms. The number of amides is 1. The Morgan fingerprint density at radius 2 is 1.86 bits per heavy atom. The van der Waals surface area contributed by atoms with E-state index >= 15 is 0 Å². The summed E-state index contributed by atoms with van der Waals surface area (Å²) in [5.41, 5.74) is -0.666. The maximum atomic E-state index is 13.2. The van der Waals surface area contributed by atoms with E-state index in [-0.39, 0.29) is 25.3 Å². The molecule has 7 heteroatoms. The van der Waals surface area contributed by atoms with E-state index in [4.69, 9.17) is 4.74 Å². The molecule has 0 aliphatic carbocycles. The summed E-state index contributed by atoms with van der Waals surface area (Å²) in [4.78, 5) is 38.4. The van der Waals surface area contributed by atoms with Gasteiger partial charge in [-0.2, -0.15) is 0 Å². The first-order chi connectivity index (χ1) is 13.4. The van der Waals surface area contributed by atoms with Crippen LogP contribution in [0.5, 0.6) is 0 Å². The van der Waals surface area contributed by atoms with Gasteiger partial charge in [0.2, 0.25) is 5.91 Å². The van der Waals surface area contributed by atoms with Crippen LogP contribution in [0.2, 0.25) is 0 Å². The molecule has 1 aliphatic heterocycles. The Labute approximate surface area is 174 Å². The third-order valence-corrected chi connectivity index (χ3v) is 5.38. The van der Waals surface area contributed by atoms with Gasteiger partial charge in [-0.3, -0.25) is 9.59 Å². The summed E-state index contributed by atoms with van der Waals surface area (Å²) in [6, 6.07) is -1.06. The minimum atomic E-state index is -1.14. The normalized spacial score (nSPS) is 22.6. The Hall–Kier alpha value is -1.89. The maximum Gasteiger partial charge on any atom is 0.326 e. The number of carbonyl (C=O) groups excluding carboxylic acids is 2. The maximum absolute atomic E-state index is 13.2. The Balaban J connectivity index is 2.95. The fourth-order valence-electron chi connectivity index (χ4n) is 3.68. The number of carbonyl (C=O) groups is 3. The largest absolute Gasteiger partial charge is 0.480 e. The van der Waals surface area contributed by atoms with Crippen molar-refractivity contribution in [2.24, 2.45) is 17.8 Å². The smallest absolute Gasteiger partial charge is 0.326 e. The van der Waals surface area contributed by atoms with E-state index in [2.05, 4.69) is 13.5 Å². The van der Waals surface area contributed by atoms with Crippen LogP contribution in [0.1, 0.15) is 66.7 Å². The molecule has 1 unspecified atom stereocenters. The molecule has 0 aromatic heterocycles. The third kappa shape index (κ3) is 8.17. The van der Waals surface area contributed by atoms with Gasteiger partial charge in [0, 0.05) is 13.0 Å². The molecule has 5 atom stereocenters. The zero-order valence-electron chi connectivity index (χ0n) is 18.4. The van der Waals surface area contributed by atoms with E-state index in [1.807, 2.05) is 13.0 Å². The highest BCUT2D eigenvalue weighted by molar-refractivity contribution is 5.88. The van der Waals surface area contributed by atoms with Crippen LogP contribution in [0, 0.1) is 17.8 Å². The third-order valence-electron chi connectivity index (χ3n) is 5.38. The Kier molecular flexibility index (Phi) is 9.33. The first-order valence-electron chi connectivity index (χ1n) is 10.4.